The molecular formula is C13H26N2O. The summed E-state index contributed by atoms with van der Waals surface area (Å²) < 4.78 is 5.69. The number of hydrogen-bond acceptors (Lipinski definition) is 3. The summed E-state index contributed by atoms with van der Waals surface area (Å²) in [5, 5.41) is 3.55. The normalized spacial score (nSPS) is 33.9. The maximum absolute atomic E-state index is 6.28. The molecule has 1 saturated heterocycles. The molecule has 3 N–H and O–H groups in total. The van der Waals surface area contributed by atoms with Gasteiger partial charge in [-0.15, -0.1) is 0 Å². The lowest BCUT2D eigenvalue weighted by Gasteiger charge is -2.26. The highest BCUT2D eigenvalue weighted by atomic mass is 16.5. The van der Waals surface area contributed by atoms with Gasteiger partial charge in [-0.25, -0.2) is 0 Å². The quantitative estimate of drug-likeness (QED) is 0.722. The summed E-state index contributed by atoms with van der Waals surface area (Å²) in [6.07, 6.45) is 5.44. The van der Waals surface area contributed by atoms with Gasteiger partial charge in [0.15, 0.2) is 0 Å². The second-order valence-corrected chi connectivity index (χ2v) is 5.78. The molecule has 1 aliphatic carbocycles. The highest BCUT2D eigenvalue weighted by molar-refractivity contribution is 4.96. The Labute approximate surface area is 99.1 Å². The SMILES string of the molecule is CCC1OCCC1CNCC(C)(N)C1CC1. The minimum atomic E-state index is 0.00116. The molecule has 0 radical (unpaired) electrons. The molecule has 2 aliphatic rings. The molecule has 16 heavy (non-hydrogen) atoms. The molecule has 0 bridgehead atoms. The number of ether oxygens (including phenoxy) is 1. The Hall–Kier alpha value is -0.120. The summed E-state index contributed by atoms with van der Waals surface area (Å²) in [4.78, 5) is 0. The molecule has 0 aromatic rings. The predicted octanol–water partition coefficient (Wildman–Crippen LogP) is 1.52. The van der Waals surface area contributed by atoms with Crippen molar-refractivity contribution in [3.63, 3.8) is 0 Å². The lowest BCUT2D eigenvalue weighted by molar-refractivity contribution is 0.0869. The van der Waals surface area contributed by atoms with Crippen molar-refractivity contribution in [2.24, 2.45) is 17.6 Å². The monoisotopic (exact) mass is 226 g/mol. The fourth-order valence-electron chi connectivity index (χ4n) is 2.79. The van der Waals surface area contributed by atoms with Crippen LogP contribution in [0.3, 0.4) is 0 Å². The van der Waals surface area contributed by atoms with Gasteiger partial charge < -0.3 is 15.8 Å². The van der Waals surface area contributed by atoms with Crippen molar-refractivity contribution < 1.29 is 4.74 Å². The third kappa shape index (κ3) is 2.96. The van der Waals surface area contributed by atoms with Gasteiger partial charge in [0.2, 0.25) is 0 Å². The maximum Gasteiger partial charge on any atom is 0.0613 e. The Balaban J connectivity index is 1.67. The van der Waals surface area contributed by atoms with E-state index >= 15 is 0 Å². The zero-order valence-corrected chi connectivity index (χ0v) is 10.7. The van der Waals surface area contributed by atoms with Crippen LogP contribution in [0, 0.1) is 11.8 Å². The molecular weight excluding hydrogens is 200 g/mol. The third-order valence-electron chi connectivity index (χ3n) is 4.17. The Morgan fingerprint density at radius 1 is 1.38 bits per heavy atom. The number of hydrogen-bond donors (Lipinski definition) is 2. The molecule has 0 amide bonds. The van der Waals surface area contributed by atoms with E-state index in [9.17, 15) is 0 Å². The van der Waals surface area contributed by atoms with Gasteiger partial charge in [0, 0.05) is 25.2 Å². The molecule has 0 spiro atoms. The summed E-state index contributed by atoms with van der Waals surface area (Å²) in [5.74, 6) is 1.45. The molecule has 3 nitrogen and oxygen atoms in total. The van der Waals surface area contributed by atoms with E-state index in [1.54, 1.807) is 0 Å². The van der Waals surface area contributed by atoms with Gasteiger partial charge in [0.05, 0.1) is 6.10 Å². The minimum Gasteiger partial charge on any atom is -0.378 e. The molecule has 2 rings (SSSR count). The van der Waals surface area contributed by atoms with Gasteiger partial charge in [-0.3, -0.25) is 0 Å². The van der Waals surface area contributed by atoms with Crippen molar-refractivity contribution >= 4 is 0 Å². The highest BCUT2D eigenvalue weighted by Gasteiger charge is 2.38. The smallest absolute Gasteiger partial charge is 0.0613 e. The van der Waals surface area contributed by atoms with Crippen LogP contribution >= 0.6 is 0 Å². The summed E-state index contributed by atoms with van der Waals surface area (Å²) in [5.41, 5.74) is 6.28. The van der Waals surface area contributed by atoms with Crippen LogP contribution in [0.4, 0.5) is 0 Å². The Morgan fingerprint density at radius 3 is 2.75 bits per heavy atom. The maximum atomic E-state index is 6.28. The van der Waals surface area contributed by atoms with Crippen molar-refractivity contribution in [3.05, 3.63) is 0 Å². The first-order chi connectivity index (χ1) is 7.63. The van der Waals surface area contributed by atoms with E-state index in [0.29, 0.717) is 12.0 Å². The van der Waals surface area contributed by atoms with E-state index in [4.69, 9.17) is 10.5 Å². The second-order valence-electron chi connectivity index (χ2n) is 5.78. The summed E-state index contributed by atoms with van der Waals surface area (Å²) in [6, 6.07) is 0. The van der Waals surface area contributed by atoms with E-state index in [1.165, 1.54) is 19.3 Å². The largest absolute Gasteiger partial charge is 0.378 e. The molecule has 1 heterocycles. The highest BCUT2D eigenvalue weighted by Crippen LogP contribution is 2.37. The zero-order chi connectivity index (χ0) is 11.6. The first kappa shape index (κ1) is 12.3. The molecule has 3 unspecified atom stereocenters. The van der Waals surface area contributed by atoms with Crippen molar-refractivity contribution in [1.82, 2.24) is 5.32 Å². The molecule has 1 aliphatic heterocycles. The molecule has 0 aromatic carbocycles. The Morgan fingerprint density at radius 2 is 2.12 bits per heavy atom. The van der Waals surface area contributed by atoms with E-state index in [0.717, 1.165) is 32.0 Å². The van der Waals surface area contributed by atoms with Crippen molar-refractivity contribution in [3.8, 4) is 0 Å². The number of nitrogens with two attached hydrogens (primary N) is 1. The van der Waals surface area contributed by atoms with Crippen molar-refractivity contribution in [2.45, 2.75) is 51.2 Å². The molecule has 94 valence electrons. The summed E-state index contributed by atoms with van der Waals surface area (Å²) in [7, 11) is 0. The number of nitrogens with one attached hydrogen (secondary N) is 1. The van der Waals surface area contributed by atoms with E-state index in [1.807, 2.05) is 0 Å². The van der Waals surface area contributed by atoms with Crippen LogP contribution in [-0.2, 0) is 4.74 Å². The molecule has 1 saturated carbocycles. The van der Waals surface area contributed by atoms with Gasteiger partial charge in [-0.2, -0.15) is 0 Å². The topological polar surface area (TPSA) is 47.3 Å². The first-order valence-corrected chi connectivity index (χ1v) is 6.74. The van der Waals surface area contributed by atoms with Crippen LogP contribution in [0.1, 0.15) is 39.5 Å². The van der Waals surface area contributed by atoms with Gasteiger partial charge in [-0.1, -0.05) is 6.92 Å². The molecule has 3 heteroatoms. The predicted molar refractivity (Wildman–Crippen MR) is 66.3 cm³/mol. The van der Waals surface area contributed by atoms with Gasteiger partial charge in [0.25, 0.3) is 0 Å². The van der Waals surface area contributed by atoms with Crippen LogP contribution in [0.2, 0.25) is 0 Å². The van der Waals surface area contributed by atoms with Crippen molar-refractivity contribution in [1.29, 1.82) is 0 Å². The Bertz CT molecular complexity index is 226. The lowest BCUT2D eigenvalue weighted by Crippen LogP contribution is -2.49. The zero-order valence-electron chi connectivity index (χ0n) is 10.7. The second kappa shape index (κ2) is 5.03. The minimum absolute atomic E-state index is 0.00116. The standard InChI is InChI=1S/C13H26N2O/c1-3-12-10(6-7-16-12)8-15-9-13(2,14)11-4-5-11/h10-12,15H,3-9,14H2,1-2H3. The van der Waals surface area contributed by atoms with Gasteiger partial charge in [-0.05, 0) is 44.4 Å². The van der Waals surface area contributed by atoms with Gasteiger partial charge >= 0.3 is 0 Å². The lowest BCUT2D eigenvalue weighted by atomic mass is 9.96. The van der Waals surface area contributed by atoms with E-state index in [-0.39, 0.29) is 5.54 Å². The van der Waals surface area contributed by atoms with Crippen LogP contribution in [0.5, 0.6) is 0 Å². The van der Waals surface area contributed by atoms with Gasteiger partial charge in [0.1, 0.15) is 0 Å². The third-order valence-corrected chi connectivity index (χ3v) is 4.17. The fraction of sp³-hybridized carbons (Fsp3) is 1.00. The number of rotatable bonds is 6. The fourth-order valence-corrected chi connectivity index (χ4v) is 2.79. The van der Waals surface area contributed by atoms with E-state index in [2.05, 4.69) is 19.2 Å². The summed E-state index contributed by atoms with van der Waals surface area (Å²) >= 11 is 0. The van der Waals surface area contributed by atoms with Crippen LogP contribution < -0.4 is 11.1 Å². The molecule has 2 fully saturated rings. The van der Waals surface area contributed by atoms with Crippen molar-refractivity contribution in [2.75, 3.05) is 19.7 Å². The summed E-state index contributed by atoms with van der Waals surface area (Å²) in [6.45, 7) is 7.34. The Kier molecular flexibility index (Phi) is 3.88. The van der Waals surface area contributed by atoms with Crippen LogP contribution in [0.25, 0.3) is 0 Å². The average Bonchev–Trinajstić information content (AvgIpc) is 3.01. The average molecular weight is 226 g/mol. The van der Waals surface area contributed by atoms with E-state index < -0.39 is 0 Å². The first-order valence-electron chi connectivity index (χ1n) is 6.74. The molecule has 0 aromatic heterocycles. The molecule has 3 atom stereocenters. The van der Waals surface area contributed by atoms with Crippen LogP contribution in [-0.4, -0.2) is 31.3 Å². The van der Waals surface area contributed by atoms with Crippen LogP contribution in [0.15, 0.2) is 0 Å².